The van der Waals surface area contributed by atoms with Crippen molar-refractivity contribution in [2.24, 2.45) is 4.99 Å². The summed E-state index contributed by atoms with van der Waals surface area (Å²) in [7, 11) is 0. The number of aromatic nitrogens is 2. The highest BCUT2D eigenvalue weighted by molar-refractivity contribution is 6.05. The molecule has 0 unspecified atom stereocenters. The van der Waals surface area contributed by atoms with E-state index in [2.05, 4.69) is 19.9 Å². The number of amides is 1. The van der Waals surface area contributed by atoms with Gasteiger partial charge in [-0.05, 0) is 31.0 Å². The molecule has 2 aromatic rings. The number of aryl methyl sites for hydroxylation is 1. The van der Waals surface area contributed by atoms with Crippen LogP contribution in [0.15, 0.2) is 41.9 Å². The molecule has 0 saturated carbocycles. The molecule has 142 valence electrons. The summed E-state index contributed by atoms with van der Waals surface area (Å²) in [6.45, 7) is 2.86. The number of rotatable bonds is 9. The van der Waals surface area contributed by atoms with Crippen LogP contribution < -0.4 is 10.1 Å². The minimum Gasteiger partial charge on any atom is -0.494 e. The van der Waals surface area contributed by atoms with E-state index in [-0.39, 0.29) is 5.91 Å². The van der Waals surface area contributed by atoms with Crippen LogP contribution in [0.25, 0.3) is 0 Å². The molecule has 7 nitrogen and oxygen atoms in total. The lowest BCUT2D eigenvalue weighted by Crippen LogP contribution is -2.31. The summed E-state index contributed by atoms with van der Waals surface area (Å²) in [5.74, 6) is 1.54. The second-order valence-electron chi connectivity index (χ2n) is 7.05. The highest BCUT2D eigenvalue weighted by Gasteiger charge is 2.29. The third-order valence-corrected chi connectivity index (χ3v) is 4.91. The van der Waals surface area contributed by atoms with Crippen LogP contribution in [-0.2, 0) is 17.9 Å². The van der Waals surface area contributed by atoms with Gasteiger partial charge in [0.15, 0.2) is 0 Å². The van der Waals surface area contributed by atoms with Gasteiger partial charge in [-0.1, -0.05) is 19.3 Å². The van der Waals surface area contributed by atoms with E-state index in [0.717, 1.165) is 36.6 Å². The van der Waals surface area contributed by atoms with Crippen molar-refractivity contribution in [2.75, 3.05) is 13.2 Å². The van der Waals surface area contributed by atoms with Gasteiger partial charge in [-0.2, -0.15) is 0 Å². The summed E-state index contributed by atoms with van der Waals surface area (Å²) in [6.07, 6.45) is 11.6. The van der Waals surface area contributed by atoms with Crippen LogP contribution in [0.1, 0.15) is 37.7 Å². The van der Waals surface area contributed by atoms with Crippen molar-refractivity contribution in [3.63, 3.8) is 0 Å². The summed E-state index contributed by atoms with van der Waals surface area (Å²) in [4.78, 5) is 22.0. The predicted octanol–water partition coefficient (Wildman–Crippen LogP) is 2.85. The van der Waals surface area contributed by atoms with Crippen LogP contribution in [0.3, 0.4) is 0 Å². The fraction of sp³-hybridized carbons (Fsp3) is 0.450. The number of unbranched alkanes of at least 4 members (excludes halogenated alkanes) is 4. The van der Waals surface area contributed by atoms with Crippen molar-refractivity contribution in [1.82, 2.24) is 19.8 Å². The Labute approximate surface area is 159 Å². The Hall–Kier alpha value is -2.83. The average Bonchev–Trinajstić information content (AvgIpc) is 3.30. The number of carbonyl (C=O) groups excluding carboxylic acids is 1. The van der Waals surface area contributed by atoms with E-state index in [0.29, 0.717) is 19.0 Å². The minimum atomic E-state index is 0.00283. The third-order valence-electron chi connectivity index (χ3n) is 4.91. The Kier molecular flexibility index (Phi) is 5.37. The number of hydrogen-bond donors (Lipinski definition) is 1. The molecular formula is C20H25N5O2. The molecule has 1 aromatic carbocycles. The topological polar surface area (TPSA) is 71.8 Å². The lowest BCUT2D eigenvalue weighted by molar-refractivity contribution is -0.118. The molecule has 7 heteroatoms. The van der Waals surface area contributed by atoms with Crippen LogP contribution in [-0.4, -0.2) is 39.5 Å². The summed E-state index contributed by atoms with van der Waals surface area (Å²) in [6, 6.07) is 5.97. The highest BCUT2D eigenvalue weighted by atomic mass is 16.5. The molecule has 3 heterocycles. The summed E-state index contributed by atoms with van der Waals surface area (Å²) in [5.41, 5.74) is 2.01. The van der Waals surface area contributed by atoms with E-state index in [9.17, 15) is 4.79 Å². The molecule has 0 atom stereocenters. The predicted molar refractivity (Wildman–Crippen MR) is 103 cm³/mol. The van der Waals surface area contributed by atoms with Gasteiger partial charge >= 0.3 is 0 Å². The number of guanidine groups is 1. The summed E-state index contributed by atoms with van der Waals surface area (Å²) in [5, 5.41) is 2.78. The monoisotopic (exact) mass is 367 g/mol. The molecule has 1 saturated heterocycles. The van der Waals surface area contributed by atoms with E-state index in [1.54, 1.807) is 0 Å². The number of nitrogens with zero attached hydrogens (tertiary/aromatic N) is 4. The van der Waals surface area contributed by atoms with E-state index < -0.39 is 0 Å². The smallest absolute Gasteiger partial charge is 0.246 e. The standard InChI is InChI=1S/C20H25N5O2/c26-19-14-25-13-16-12-17(6-7-18(16)22-20(25)23-19)27-11-5-3-1-2-4-9-24-10-8-21-15-24/h6-8,10,12,15H,1-5,9,11,13-14H2,(H,22,23,26). The van der Waals surface area contributed by atoms with E-state index in [1.165, 1.54) is 25.7 Å². The Morgan fingerprint density at radius 1 is 1.11 bits per heavy atom. The number of hydrogen-bond acceptors (Lipinski definition) is 5. The first-order valence-corrected chi connectivity index (χ1v) is 9.63. The van der Waals surface area contributed by atoms with Crippen molar-refractivity contribution < 1.29 is 9.53 Å². The van der Waals surface area contributed by atoms with Crippen LogP contribution >= 0.6 is 0 Å². The van der Waals surface area contributed by atoms with Crippen molar-refractivity contribution >= 4 is 17.6 Å². The van der Waals surface area contributed by atoms with Gasteiger partial charge < -0.3 is 14.2 Å². The number of carbonyl (C=O) groups is 1. The SMILES string of the molecule is O=C1CN2Cc3cc(OCCCCCCCn4ccnc4)ccc3N=C2N1. The molecule has 2 aliphatic heterocycles. The first-order valence-electron chi connectivity index (χ1n) is 9.63. The Bertz CT molecular complexity index is 816. The second kappa shape index (κ2) is 8.24. The molecule has 1 N–H and O–H groups in total. The summed E-state index contributed by atoms with van der Waals surface area (Å²) >= 11 is 0. The Morgan fingerprint density at radius 3 is 2.89 bits per heavy atom. The van der Waals surface area contributed by atoms with Gasteiger partial charge in [0.05, 0.1) is 18.6 Å². The maximum absolute atomic E-state index is 11.5. The molecule has 2 aliphatic rings. The molecule has 0 aliphatic carbocycles. The summed E-state index contributed by atoms with van der Waals surface area (Å²) < 4.78 is 8.03. The lowest BCUT2D eigenvalue weighted by atomic mass is 10.1. The van der Waals surface area contributed by atoms with Gasteiger partial charge in [-0.25, -0.2) is 9.98 Å². The Balaban J connectivity index is 1.15. The molecular weight excluding hydrogens is 342 g/mol. The lowest BCUT2D eigenvalue weighted by Gasteiger charge is -2.23. The quantitative estimate of drug-likeness (QED) is 0.692. The third kappa shape index (κ3) is 4.48. The minimum absolute atomic E-state index is 0.00283. The van der Waals surface area contributed by atoms with Crippen molar-refractivity contribution in [1.29, 1.82) is 0 Å². The van der Waals surface area contributed by atoms with Crippen molar-refractivity contribution in [3.05, 3.63) is 42.5 Å². The largest absolute Gasteiger partial charge is 0.494 e. The van der Waals surface area contributed by atoms with E-state index >= 15 is 0 Å². The zero-order valence-electron chi connectivity index (χ0n) is 15.4. The van der Waals surface area contributed by atoms with Crippen LogP contribution in [0.4, 0.5) is 5.69 Å². The molecule has 0 spiro atoms. The van der Waals surface area contributed by atoms with Gasteiger partial charge in [0.1, 0.15) is 12.3 Å². The number of aliphatic imine (C=N–C) groups is 1. The Morgan fingerprint density at radius 2 is 2.00 bits per heavy atom. The number of ether oxygens (including phenoxy) is 1. The molecule has 0 bridgehead atoms. The molecule has 0 radical (unpaired) electrons. The van der Waals surface area contributed by atoms with Gasteiger partial charge in [-0.3, -0.25) is 10.1 Å². The van der Waals surface area contributed by atoms with Crippen molar-refractivity contribution in [3.8, 4) is 5.75 Å². The maximum atomic E-state index is 11.5. The fourth-order valence-corrected chi connectivity index (χ4v) is 3.46. The van der Waals surface area contributed by atoms with Crippen LogP contribution in [0.5, 0.6) is 5.75 Å². The van der Waals surface area contributed by atoms with Gasteiger partial charge in [-0.15, -0.1) is 0 Å². The zero-order valence-corrected chi connectivity index (χ0v) is 15.4. The average molecular weight is 367 g/mol. The second-order valence-corrected chi connectivity index (χ2v) is 7.05. The van der Waals surface area contributed by atoms with Crippen LogP contribution in [0.2, 0.25) is 0 Å². The van der Waals surface area contributed by atoms with Gasteiger partial charge in [0, 0.05) is 31.0 Å². The van der Waals surface area contributed by atoms with Gasteiger partial charge in [0.2, 0.25) is 11.9 Å². The zero-order chi connectivity index (χ0) is 18.5. The maximum Gasteiger partial charge on any atom is 0.246 e. The normalized spacial score (nSPS) is 15.2. The van der Waals surface area contributed by atoms with E-state index in [4.69, 9.17) is 4.74 Å². The number of nitrogens with one attached hydrogen (secondary N) is 1. The van der Waals surface area contributed by atoms with E-state index in [1.807, 2.05) is 41.8 Å². The highest BCUT2D eigenvalue weighted by Crippen LogP contribution is 2.30. The molecule has 1 fully saturated rings. The first kappa shape index (κ1) is 17.6. The molecule has 1 aromatic heterocycles. The van der Waals surface area contributed by atoms with Gasteiger partial charge in [0.25, 0.3) is 0 Å². The number of benzene rings is 1. The first-order chi connectivity index (χ1) is 13.3. The van der Waals surface area contributed by atoms with Crippen molar-refractivity contribution in [2.45, 2.75) is 45.2 Å². The molecule has 1 amide bonds. The number of fused-ring (bicyclic) bond motifs is 2. The fourth-order valence-electron chi connectivity index (χ4n) is 3.46. The number of imidazole rings is 1. The van der Waals surface area contributed by atoms with Crippen LogP contribution in [0, 0.1) is 0 Å². The molecule has 4 rings (SSSR count). The molecule has 27 heavy (non-hydrogen) atoms.